The Morgan fingerprint density at radius 3 is 2.90 bits per heavy atom. The van der Waals surface area contributed by atoms with E-state index in [4.69, 9.17) is 16.1 Å². The van der Waals surface area contributed by atoms with Gasteiger partial charge in [-0.2, -0.15) is 4.98 Å². The van der Waals surface area contributed by atoms with Crippen LogP contribution >= 0.6 is 11.6 Å². The summed E-state index contributed by atoms with van der Waals surface area (Å²) in [7, 11) is 0. The predicted molar refractivity (Wildman–Crippen MR) is 78.5 cm³/mol. The van der Waals surface area contributed by atoms with Crippen LogP contribution in [0.4, 0.5) is 5.82 Å². The lowest BCUT2D eigenvalue weighted by atomic mass is 10.2. The molecule has 0 aliphatic rings. The van der Waals surface area contributed by atoms with Crippen molar-refractivity contribution in [2.45, 2.75) is 20.3 Å². The Labute approximate surface area is 127 Å². The molecule has 8 heteroatoms. The van der Waals surface area contributed by atoms with Gasteiger partial charge in [0.2, 0.25) is 5.89 Å². The van der Waals surface area contributed by atoms with E-state index in [2.05, 4.69) is 25.8 Å². The smallest absolute Gasteiger partial charge is 0.252 e. The molecular weight excluding hydrogens is 294 g/mol. The second-order valence-electron chi connectivity index (χ2n) is 4.32. The summed E-state index contributed by atoms with van der Waals surface area (Å²) in [4.78, 5) is 20.1. The normalized spacial score (nSPS) is 10.4. The summed E-state index contributed by atoms with van der Waals surface area (Å²) in [6.45, 7) is 4.78. The maximum Gasteiger partial charge on any atom is 0.252 e. The largest absolute Gasteiger partial charge is 0.369 e. The molecule has 7 nitrogen and oxygen atoms in total. The van der Waals surface area contributed by atoms with Crippen molar-refractivity contribution in [3.63, 3.8) is 0 Å². The van der Waals surface area contributed by atoms with E-state index in [0.717, 1.165) is 0 Å². The third kappa shape index (κ3) is 4.16. The molecule has 0 aliphatic carbocycles. The minimum absolute atomic E-state index is 0.243. The summed E-state index contributed by atoms with van der Waals surface area (Å²) in [6.07, 6.45) is 1.98. The van der Waals surface area contributed by atoms with E-state index in [1.54, 1.807) is 13.0 Å². The second kappa shape index (κ2) is 7.03. The minimum Gasteiger partial charge on any atom is -0.369 e. The van der Waals surface area contributed by atoms with E-state index in [1.165, 1.54) is 6.20 Å². The number of anilines is 1. The summed E-state index contributed by atoms with van der Waals surface area (Å²) in [5, 5.41) is 9.93. The number of hydrogen-bond acceptors (Lipinski definition) is 6. The summed E-state index contributed by atoms with van der Waals surface area (Å²) < 4.78 is 4.85. The van der Waals surface area contributed by atoms with Crippen LogP contribution < -0.4 is 10.6 Å². The number of hydrogen-bond donors (Lipinski definition) is 2. The SMILES string of the molecule is CCNc1ncc(C(=O)NCCc2noc(C)n2)cc1Cl. The molecule has 2 aromatic rings. The average molecular weight is 310 g/mol. The van der Waals surface area contributed by atoms with Gasteiger partial charge in [-0.15, -0.1) is 0 Å². The number of carbonyl (C=O) groups is 1. The van der Waals surface area contributed by atoms with Crippen molar-refractivity contribution in [1.82, 2.24) is 20.4 Å². The van der Waals surface area contributed by atoms with Crippen molar-refractivity contribution in [1.29, 1.82) is 0 Å². The molecule has 0 saturated carbocycles. The maximum absolute atomic E-state index is 12.0. The van der Waals surface area contributed by atoms with Crippen LogP contribution in [-0.2, 0) is 6.42 Å². The number of aromatic nitrogens is 3. The van der Waals surface area contributed by atoms with Crippen molar-refractivity contribution < 1.29 is 9.32 Å². The van der Waals surface area contributed by atoms with Crippen LogP contribution in [0.1, 0.15) is 29.0 Å². The third-order valence-corrected chi connectivity index (χ3v) is 2.94. The van der Waals surface area contributed by atoms with Crippen LogP contribution in [0.2, 0.25) is 5.02 Å². The summed E-state index contributed by atoms with van der Waals surface area (Å²) >= 11 is 6.05. The zero-order chi connectivity index (χ0) is 15.2. The first-order valence-electron chi connectivity index (χ1n) is 6.57. The molecule has 21 heavy (non-hydrogen) atoms. The highest BCUT2D eigenvalue weighted by atomic mass is 35.5. The first kappa shape index (κ1) is 15.2. The molecule has 0 radical (unpaired) electrons. The highest BCUT2D eigenvalue weighted by Crippen LogP contribution is 2.19. The van der Waals surface area contributed by atoms with Crippen molar-refractivity contribution >= 4 is 23.3 Å². The third-order valence-electron chi connectivity index (χ3n) is 2.65. The number of pyridine rings is 1. The van der Waals surface area contributed by atoms with E-state index in [0.29, 0.717) is 47.6 Å². The van der Waals surface area contributed by atoms with Crippen molar-refractivity contribution in [3.05, 3.63) is 34.6 Å². The average Bonchev–Trinajstić information content (AvgIpc) is 2.87. The van der Waals surface area contributed by atoms with Crippen molar-refractivity contribution in [3.8, 4) is 0 Å². The van der Waals surface area contributed by atoms with Gasteiger partial charge in [-0.1, -0.05) is 16.8 Å². The monoisotopic (exact) mass is 309 g/mol. The minimum atomic E-state index is -0.243. The molecule has 2 aromatic heterocycles. The lowest BCUT2D eigenvalue weighted by molar-refractivity contribution is 0.0953. The molecule has 1 amide bonds. The van der Waals surface area contributed by atoms with Crippen molar-refractivity contribution in [2.75, 3.05) is 18.4 Å². The first-order chi connectivity index (χ1) is 10.1. The van der Waals surface area contributed by atoms with Gasteiger partial charge in [0.25, 0.3) is 5.91 Å². The van der Waals surface area contributed by atoms with Crippen LogP contribution in [0, 0.1) is 6.92 Å². The molecule has 0 aliphatic heterocycles. The second-order valence-corrected chi connectivity index (χ2v) is 4.73. The zero-order valence-corrected chi connectivity index (χ0v) is 12.6. The van der Waals surface area contributed by atoms with Gasteiger partial charge in [-0.3, -0.25) is 4.79 Å². The van der Waals surface area contributed by atoms with E-state index in [9.17, 15) is 4.79 Å². The van der Waals surface area contributed by atoms with Gasteiger partial charge >= 0.3 is 0 Å². The van der Waals surface area contributed by atoms with Gasteiger partial charge in [-0.05, 0) is 13.0 Å². The van der Waals surface area contributed by atoms with Gasteiger partial charge in [0, 0.05) is 32.6 Å². The van der Waals surface area contributed by atoms with Crippen LogP contribution in [0.3, 0.4) is 0 Å². The molecule has 0 atom stereocenters. The fourth-order valence-corrected chi connectivity index (χ4v) is 1.93. The number of rotatable bonds is 6. The van der Waals surface area contributed by atoms with Gasteiger partial charge in [0.15, 0.2) is 5.82 Å². The van der Waals surface area contributed by atoms with E-state index >= 15 is 0 Å². The molecule has 0 fully saturated rings. The molecule has 2 rings (SSSR count). The van der Waals surface area contributed by atoms with Crippen LogP contribution in [0.15, 0.2) is 16.8 Å². The zero-order valence-electron chi connectivity index (χ0n) is 11.8. The highest BCUT2D eigenvalue weighted by molar-refractivity contribution is 6.33. The summed E-state index contributed by atoms with van der Waals surface area (Å²) in [6, 6.07) is 1.58. The topological polar surface area (TPSA) is 92.9 Å². The fourth-order valence-electron chi connectivity index (χ4n) is 1.69. The van der Waals surface area contributed by atoms with E-state index < -0.39 is 0 Å². The predicted octanol–water partition coefficient (Wildman–Crippen LogP) is 1.83. The standard InChI is InChI=1S/C13H16ClN5O2/c1-3-15-12-10(14)6-9(7-17-12)13(20)16-5-4-11-18-8(2)21-19-11/h6-7H,3-5H2,1-2H3,(H,15,17)(H,16,20). The number of halogens is 1. The number of amides is 1. The van der Waals surface area contributed by atoms with Gasteiger partial charge < -0.3 is 15.2 Å². The Morgan fingerprint density at radius 2 is 2.29 bits per heavy atom. The number of carbonyl (C=O) groups excluding carboxylic acids is 1. The first-order valence-corrected chi connectivity index (χ1v) is 6.94. The number of nitrogens with zero attached hydrogens (tertiary/aromatic N) is 3. The van der Waals surface area contributed by atoms with E-state index in [1.807, 2.05) is 6.92 Å². The molecule has 2 heterocycles. The molecule has 0 bridgehead atoms. The Morgan fingerprint density at radius 1 is 1.48 bits per heavy atom. The molecule has 0 unspecified atom stereocenters. The number of aryl methyl sites for hydroxylation is 1. The fraction of sp³-hybridized carbons (Fsp3) is 0.385. The van der Waals surface area contributed by atoms with Crippen molar-refractivity contribution in [2.24, 2.45) is 0 Å². The number of nitrogens with one attached hydrogen (secondary N) is 2. The Hall–Kier alpha value is -2.15. The molecular formula is C13H16ClN5O2. The Bertz CT molecular complexity index is 629. The van der Waals surface area contributed by atoms with E-state index in [-0.39, 0.29) is 5.91 Å². The lowest BCUT2D eigenvalue weighted by Crippen LogP contribution is -2.26. The van der Waals surface area contributed by atoms with Gasteiger partial charge in [-0.25, -0.2) is 4.98 Å². The molecule has 0 spiro atoms. The van der Waals surface area contributed by atoms with Crippen LogP contribution in [0.25, 0.3) is 0 Å². The molecule has 0 aromatic carbocycles. The maximum atomic E-state index is 12.0. The molecule has 0 saturated heterocycles. The highest BCUT2D eigenvalue weighted by Gasteiger charge is 2.10. The summed E-state index contributed by atoms with van der Waals surface area (Å²) in [5.74, 6) is 1.39. The van der Waals surface area contributed by atoms with Crippen LogP contribution in [-0.4, -0.2) is 34.1 Å². The van der Waals surface area contributed by atoms with Crippen LogP contribution in [0.5, 0.6) is 0 Å². The lowest BCUT2D eigenvalue weighted by Gasteiger charge is -2.07. The van der Waals surface area contributed by atoms with Gasteiger partial charge in [0.05, 0.1) is 10.6 Å². The quantitative estimate of drug-likeness (QED) is 0.845. The Balaban J connectivity index is 1.89. The van der Waals surface area contributed by atoms with Gasteiger partial charge in [0.1, 0.15) is 5.82 Å². The molecule has 2 N–H and O–H groups in total. The molecule has 112 valence electrons. The summed E-state index contributed by atoms with van der Waals surface area (Å²) in [5.41, 5.74) is 0.408. The Kier molecular flexibility index (Phi) is 5.10.